The Labute approximate surface area is 88.1 Å². The lowest BCUT2D eigenvalue weighted by Gasteiger charge is -2.37. The SMILES string of the molecule is CCNC1CCCN(C2CCCC2)C1. The summed E-state index contributed by atoms with van der Waals surface area (Å²) in [5.74, 6) is 0. The Morgan fingerprint density at radius 3 is 2.64 bits per heavy atom. The first-order valence-electron chi connectivity index (χ1n) is 6.37. The number of likely N-dealkylation sites (tertiary alicyclic amines) is 1. The average Bonchev–Trinajstić information content (AvgIpc) is 2.71. The predicted molar refractivity (Wildman–Crippen MR) is 60.5 cm³/mol. The third-order valence-corrected chi connectivity index (χ3v) is 3.79. The zero-order chi connectivity index (χ0) is 9.80. The largest absolute Gasteiger partial charge is 0.313 e. The predicted octanol–water partition coefficient (Wildman–Crippen LogP) is 2.00. The van der Waals surface area contributed by atoms with Crippen molar-refractivity contribution in [2.75, 3.05) is 19.6 Å². The maximum atomic E-state index is 3.60. The molecule has 14 heavy (non-hydrogen) atoms. The van der Waals surface area contributed by atoms with Gasteiger partial charge in [0.15, 0.2) is 0 Å². The first-order valence-corrected chi connectivity index (χ1v) is 6.37. The van der Waals surface area contributed by atoms with Gasteiger partial charge >= 0.3 is 0 Å². The first-order chi connectivity index (χ1) is 6.90. The highest BCUT2D eigenvalue weighted by molar-refractivity contribution is 4.84. The Hall–Kier alpha value is -0.0800. The Kier molecular flexibility index (Phi) is 3.82. The van der Waals surface area contributed by atoms with Crippen molar-refractivity contribution in [3.63, 3.8) is 0 Å². The molecule has 82 valence electrons. The molecule has 0 aromatic carbocycles. The maximum Gasteiger partial charge on any atom is 0.0195 e. The van der Waals surface area contributed by atoms with Gasteiger partial charge in [0.25, 0.3) is 0 Å². The van der Waals surface area contributed by atoms with Gasteiger partial charge in [-0.25, -0.2) is 0 Å². The lowest BCUT2D eigenvalue weighted by molar-refractivity contribution is 0.139. The highest BCUT2D eigenvalue weighted by Gasteiger charge is 2.27. The topological polar surface area (TPSA) is 15.3 Å². The summed E-state index contributed by atoms with van der Waals surface area (Å²) >= 11 is 0. The summed E-state index contributed by atoms with van der Waals surface area (Å²) in [5, 5.41) is 3.60. The first kappa shape index (κ1) is 10.4. The minimum absolute atomic E-state index is 0.773. The normalized spacial score (nSPS) is 31.1. The van der Waals surface area contributed by atoms with Gasteiger partial charge < -0.3 is 5.32 Å². The van der Waals surface area contributed by atoms with Crippen molar-refractivity contribution in [1.82, 2.24) is 10.2 Å². The molecule has 2 rings (SSSR count). The number of likely N-dealkylation sites (N-methyl/N-ethyl adjacent to an activating group) is 1. The van der Waals surface area contributed by atoms with E-state index in [0.29, 0.717) is 0 Å². The smallest absolute Gasteiger partial charge is 0.0195 e. The third-order valence-electron chi connectivity index (χ3n) is 3.79. The molecule has 0 aromatic rings. The van der Waals surface area contributed by atoms with Gasteiger partial charge in [-0.2, -0.15) is 0 Å². The molecule has 1 atom stereocenters. The highest BCUT2D eigenvalue weighted by Crippen LogP contribution is 2.25. The van der Waals surface area contributed by atoms with Crippen molar-refractivity contribution < 1.29 is 0 Å². The van der Waals surface area contributed by atoms with E-state index in [1.165, 1.54) is 51.6 Å². The van der Waals surface area contributed by atoms with Gasteiger partial charge in [-0.05, 0) is 38.8 Å². The van der Waals surface area contributed by atoms with Crippen LogP contribution in [-0.4, -0.2) is 36.6 Å². The molecule has 2 heteroatoms. The fraction of sp³-hybridized carbons (Fsp3) is 1.00. The van der Waals surface area contributed by atoms with Gasteiger partial charge in [-0.3, -0.25) is 4.90 Å². The van der Waals surface area contributed by atoms with Crippen molar-refractivity contribution in [2.45, 2.75) is 57.5 Å². The van der Waals surface area contributed by atoms with E-state index in [0.717, 1.165) is 18.6 Å². The molecule has 2 fully saturated rings. The second kappa shape index (κ2) is 5.13. The van der Waals surface area contributed by atoms with Crippen LogP contribution in [0.15, 0.2) is 0 Å². The average molecular weight is 196 g/mol. The summed E-state index contributed by atoms with van der Waals surface area (Å²) in [5.41, 5.74) is 0. The molecule has 1 saturated carbocycles. The summed E-state index contributed by atoms with van der Waals surface area (Å²) in [4.78, 5) is 2.74. The molecule has 0 aromatic heterocycles. The van der Waals surface area contributed by atoms with Crippen LogP contribution in [0.2, 0.25) is 0 Å². The van der Waals surface area contributed by atoms with Gasteiger partial charge in [0.2, 0.25) is 0 Å². The van der Waals surface area contributed by atoms with E-state index in [1.807, 2.05) is 0 Å². The van der Waals surface area contributed by atoms with E-state index in [4.69, 9.17) is 0 Å². The second-order valence-electron chi connectivity index (χ2n) is 4.83. The Morgan fingerprint density at radius 1 is 1.14 bits per heavy atom. The van der Waals surface area contributed by atoms with E-state index in [2.05, 4.69) is 17.1 Å². The molecule has 1 aliphatic carbocycles. The number of nitrogens with zero attached hydrogens (tertiary/aromatic N) is 1. The number of piperidine rings is 1. The summed E-state index contributed by atoms with van der Waals surface area (Å²) in [6.45, 7) is 6.00. The zero-order valence-corrected chi connectivity index (χ0v) is 9.47. The van der Waals surface area contributed by atoms with Crippen LogP contribution in [-0.2, 0) is 0 Å². The van der Waals surface area contributed by atoms with E-state index in [9.17, 15) is 0 Å². The summed E-state index contributed by atoms with van der Waals surface area (Å²) in [6.07, 6.45) is 8.63. The standard InChI is InChI=1S/C12H24N2/c1-2-13-11-6-5-9-14(10-11)12-7-3-4-8-12/h11-13H,2-10H2,1H3. The minimum atomic E-state index is 0.773. The number of nitrogens with one attached hydrogen (secondary N) is 1. The van der Waals surface area contributed by atoms with Crippen molar-refractivity contribution in [1.29, 1.82) is 0 Å². The molecule has 1 N–H and O–H groups in total. The van der Waals surface area contributed by atoms with Gasteiger partial charge in [0.05, 0.1) is 0 Å². The Bertz CT molecular complexity index is 162. The van der Waals surface area contributed by atoms with Crippen LogP contribution < -0.4 is 5.32 Å². The van der Waals surface area contributed by atoms with Crippen LogP contribution in [0, 0.1) is 0 Å². The van der Waals surface area contributed by atoms with Gasteiger partial charge in [-0.15, -0.1) is 0 Å². The Morgan fingerprint density at radius 2 is 1.93 bits per heavy atom. The molecule has 1 aliphatic heterocycles. The van der Waals surface area contributed by atoms with Crippen molar-refractivity contribution in [3.8, 4) is 0 Å². The van der Waals surface area contributed by atoms with E-state index in [1.54, 1.807) is 0 Å². The lowest BCUT2D eigenvalue weighted by atomic mass is 10.0. The quantitative estimate of drug-likeness (QED) is 0.743. The van der Waals surface area contributed by atoms with Gasteiger partial charge in [-0.1, -0.05) is 19.8 Å². The van der Waals surface area contributed by atoms with Crippen LogP contribution in [0.5, 0.6) is 0 Å². The summed E-state index contributed by atoms with van der Waals surface area (Å²) in [6, 6.07) is 1.70. The molecule has 0 amide bonds. The molecule has 1 unspecified atom stereocenters. The molecule has 0 radical (unpaired) electrons. The van der Waals surface area contributed by atoms with E-state index >= 15 is 0 Å². The molecule has 1 heterocycles. The van der Waals surface area contributed by atoms with Crippen LogP contribution >= 0.6 is 0 Å². The van der Waals surface area contributed by atoms with Crippen LogP contribution in [0.3, 0.4) is 0 Å². The van der Waals surface area contributed by atoms with Crippen LogP contribution in [0.25, 0.3) is 0 Å². The lowest BCUT2D eigenvalue weighted by Crippen LogP contribution is -2.48. The van der Waals surface area contributed by atoms with Crippen LogP contribution in [0.4, 0.5) is 0 Å². The summed E-state index contributed by atoms with van der Waals surface area (Å²) < 4.78 is 0. The number of hydrogen-bond acceptors (Lipinski definition) is 2. The molecule has 1 saturated heterocycles. The number of rotatable bonds is 3. The summed E-state index contributed by atoms with van der Waals surface area (Å²) in [7, 11) is 0. The fourth-order valence-electron chi connectivity index (χ4n) is 3.06. The molecule has 0 bridgehead atoms. The Balaban J connectivity index is 1.80. The van der Waals surface area contributed by atoms with Crippen molar-refractivity contribution in [2.24, 2.45) is 0 Å². The zero-order valence-electron chi connectivity index (χ0n) is 9.47. The maximum absolute atomic E-state index is 3.60. The monoisotopic (exact) mass is 196 g/mol. The molecular formula is C12H24N2. The van der Waals surface area contributed by atoms with E-state index < -0.39 is 0 Å². The van der Waals surface area contributed by atoms with Gasteiger partial charge in [0, 0.05) is 18.6 Å². The van der Waals surface area contributed by atoms with Crippen molar-refractivity contribution in [3.05, 3.63) is 0 Å². The van der Waals surface area contributed by atoms with Gasteiger partial charge in [0.1, 0.15) is 0 Å². The number of hydrogen-bond donors (Lipinski definition) is 1. The molecular weight excluding hydrogens is 172 g/mol. The third kappa shape index (κ3) is 2.48. The molecule has 0 spiro atoms. The second-order valence-corrected chi connectivity index (χ2v) is 4.83. The van der Waals surface area contributed by atoms with Crippen molar-refractivity contribution >= 4 is 0 Å². The van der Waals surface area contributed by atoms with Crippen LogP contribution in [0.1, 0.15) is 45.4 Å². The molecule has 2 aliphatic rings. The highest BCUT2D eigenvalue weighted by atomic mass is 15.2. The fourth-order valence-corrected chi connectivity index (χ4v) is 3.06. The van der Waals surface area contributed by atoms with E-state index in [-0.39, 0.29) is 0 Å². The molecule has 2 nitrogen and oxygen atoms in total. The minimum Gasteiger partial charge on any atom is -0.313 e.